The minimum absolute atomic E-state index is 0.167. The molecule has 0 atom stereocenters. The molecule has 4 nitrogen and oxygen atoms in total. The SMILES string of the molecule is O=C(O)c1cnc(Oc2ccc(I)cc2)c2ccccc12. The summed E-state index contributed by atoms with van der Waals surface area (Å²) in [7, 11) is 0. The molecule has 0 fully saturated rings. The molecule has 0 amide bonds. The molecule has 0 bridgehead atoms. The molecular weight excluding hydrogens is 381 g/mol. The fourth-order valence-electron chi connectivity index (χ4n) is 2.03. The number of nitrogens with zero attached hydrogens (tertiary/aromatic N) is 1. The van der Waals surface area contributed by atoms with Gasteiger partial charge < -0.3 is 9.84 Å². The van der Waals surface area contributed by atoms with Gasteiger partial charge in [0.25, 0.3) is 0 Å². The van der Waals surface area contributed by atoms with Gasteiger partial charge in [-0.25, -0.2) is 9.78 Å². The molecule has 3 aromatic rings. The van der Waals surface area contributed by atoms with Gasteiger partial charge in [-0.1, -0.05) is 18.2 Å². The summed E-state index contributed by atoms with van der Waals surface area (Å²) in [5, 5.41) is 10.5. The van der Waals surface area contributed by atoms with E-state index in [2.05, 4.69) is 27.6 Å². The molecule has 0 saturated carbocycles. The maximum Gasteiger partial charge on any atom is 0.337 e. The minimum atomic E-state index is -1.00. The zero-order valence-electron chi connectivity index (χ0n) is 10.8. The van der Waals surface area contributed by atoms with Gasteiger partial charge in [-0.15, -0.1) is 0 Å². The van der Waals surface area contributed by atoms with Crippen LogP contribution >= 0.6 is 22.6 Å². The van der Waals surface area contributed by atoms with E-state index in [1.54, 1.807) is 18.2 Å². The molecule has 2 aromatic carbocycles. The zero-order valence-corrected chi connectivity index (χ0v) is 12.9. The Morgan fingerprint density at radius 3 is 2.38 bits per heavy atom. The Hall–Kier alpha value is -2.15. The predicted octanol–water partition coefficient (Wildman–Crippen LogP) is 4.33. The molecular formula is C16H10INO3. The van der Waals surface area contributed by atoms with Crippen LogP contribution in [-0.4, -0.2) is 16.1 Å². The lowest BCUT2D eigenvalue weighted by Crippen LogP contribution is -2.00. The highest BCUT2D eigenvalue weighted by Gasteiger charge is 2.13. The van der Waals surface area contributed by atoms with Crippen LogP contribution in [0.4, 0.5) is 0 Å². The zero-order chi connectivity index (χ0) is 14.8. The van der Waals surface area contributed by atoms with Gasteiger partial charge in [-0.2, -0.15) is 0 Å². The van der Waals surface area contributed by atoms with Crippen LogP contribution in [-0.2, 0) is 0 Å². The molecule has 0 aliphatic rings. The van der Waals surface area contributed by atoms with Gasteiger partial charge in [0.05, 0.1) is 5.56 Å². The first-order chi connectivity index (χ1) is 10.1. The average molecular weight is 391 g/mol. The summed E-state index contributed by atoms with van der Waals surface area (Å²) in [6.45, 7) is 0. The topological polar surface area (TPSA) is 59.4 Å². The third-order valence-electron chi connectivity index (χ3n) is 3.02. The molecule has 0 aliphatic carbocycles. The van der Waals surface area contributed by atoms with Crippen molar-refractivity contribution in [2.45, 2.75) is 0 Å². The number of hydrogen-bond donors (Lipinski definition) is 1. The second kappa shape index (κ2) is 5.69. The van der Waals surface area contributed by atoms with Crippen LogP contribution in [0.1, 0.15) is 10.4 Å². The van der Waals surface area contributed by atoms with Crippen molar-refractivity contribution in [2.24, 2.45) is 0 Å². The third-order valence-corrected chi connectivity index (χ3v) is 3.74. The van der Waals surface area contributed by atoms with Crippen molar-refractivity contribution in [3.63, 3.8) is 0 Å². The van der Waals surface area contributed by atoms with E-state index in [1.165, 1.54) is 6.20 Å². The average Bonchev–Trinajstić information content (AvgIpc) is 2.49. The van der Waals surface area contributed by atoms with Crippen molar-refractivity contribution in [1.82, 2.24) is 4.98 Å². The molecule has 1 N–H and O–H groups in total. The summed E-state index contributed by atoms with van der Waals surface area (Å²) < 4.78 is 6.88. The van der Waals surface area contributed by atoms with E-state index in [9.17, 15) is 9.90 Å². The standard InChI is InChI=1S/C16H10INO3/c17-10-5-7-11(8-6-10)21-15-13-4-2-1-3-12(13)14(9-18-15)16(19)20/h1-9H,(H,19,20). The highest BCUT2D eigenvalue weighted by molar-refractivity contribution is 14.1. The van der Waals surface area contributed by atoms with Gasteiger partial charge in [-0.3, -0.25) is 0 Å². The van der Waals surface area contributed by atoms with Crippen molar-refractivity contribution < 1.29 is 14.6 Å². The second-order valence-electron chi connectivity index (χ2n) is 4.38. The van der Waals surface area contributed by atoms with Gasteiger partial charge in [0.2, 0.25) is 5.88 Å². The highest BCUT2D eigenvalue weighted by atomic mass is 127. The summed E-state index contributed by atoms with van der Waals surface area (Å²) in [6.07, 6.45) is 1.33. The number of carboxylic acid groups (broad SMARTS) is 1. The molecule has 5 heteroatoms. The van der Waals surface area contributed by atoms with Crippen LogP contribution in [0.25, 0.3) is 10.8 Å². The molecule has 104 valence electrons. The summed E-state index contributed by atoms with van der Waals surface area (Å²) >= 11 is 2.22. The Labute approximate surface area is 134 Å². The lowest BCUT2D eigenvalue weighted by atomic mass is 10.1. The van der Waals surface area contributed by atoms with Gasteiger partial charge >= 0.3 is 5.97 Å². The fourth-order valence-corrected chi connectivity index (χ4v) is 2.39. The van der Waals surface area contributed by atoms with E-state index in [1.807, 2.05) is 30.3 Å². The highest BCUT2D eigenvalue weighted by Crippen LogP contribution is 2.30. The van der Waals surface area contributed by atoms with Gasteiger partial charge in [0.15, 0.2) is 0 Å². The van der Waals surface area contributed by atoms with E-state index in [-0.39, 0.29) is 5.56 Å². The number of pyridine rings is 1. The predicted molar refractivity (Wildman–Crippen MR) is 87.9 cm³/mol. The Balaban J connectivity index is 2.09. The van der Waals surface area contributed by atoms with Crippen LogP contribution in [0.2, 0.25) is 0 Å². The van der Waals surface area contributed by atoms with Crippen molar-refractivity contribution >= 4 is 39.3 Å². The molecule has 0 saturated heterocycles. The molecule has 0 aliphatic heterocycles. The molecule has 3 rings (SSSR count). The summed E-state index contributed by atoms with van der Waals surface area (Å²) in [6, 6.07) is 14.7. The smallest absolute Gasteiger partial charge is 0.337 e. The lowest BCUT2D eigenvalue weighted by molar-refractivity contribution is 0.0698. The molecule has 0 spiro atoms. The van der Waals surface area contributed by atoms with Crippen molar-refractivity contribution in [3.05, 3.63) is 63.9 Å². The molecule has 0 unspecified atom stereocenters. The van der Waals surface area contributed by atoms with Gasteiger partial charge in [0.1, 0.15) is 5.75 Å². The van der Waals surface area contributed by atoms with E-state index in [4.69, 9.17) is 4.74 Å². The number of carbonyl (C=O) groups is 1. The largest absolute Gasteiger partial charge is 0.478 e. The van der Waals surface area contributed by atoms with E-state index in [0.717, 1.165) is 3.57 Å². The van der Waals surface area contributed by atoms with Crippen molar-refractivity contribution in [1.29, 1.82) is 0 Å². The van der Waals surface area contributed by atoms with Gasteiger partial charge in [-0.05, 0) is 52.9 Å². The lowest BCUT2D eigenvalue weighted by Gasteiger charge is -2.09. The second-order valence-corrected chi connectivity index (χ2v) is 5.63. The first-order valence-electron chi connectivity index (χ1n) is 6.19. The fraction of sp³-hybridized carbons (Fsp3) is 0. The van der Waals surface area contributed by atoms with E-state index in [0.29, 0.717) is 22.4 Å². The van der Waals surface area contributed by atoms with Crippen LogP contribution in [0.3, 0.4) is 0 Å². The normalized spacial score (nSPS) is 10.5. The third kappa shape index (κ3) is 2.82. The number of fused-ring (bicyclic) bond motifs is 1. The number of aromatic nitrogens is 1. The number of rotatable bonds is 3. The van der Waals surface area contributed by atoms with Crippen LogP contribution in [0, 0.1) is 3.57 Å². The van der Waals surface area contributed by atoms with Crippen molar-refractivity contribution in [3.8, 4) is 11.6 Å². The summed E-state index contributed by atoms with van der Waals surface area (Å²) in [5.74, 6) is 0.0625. The summed E-state index contributed by atoms with van der Waals surface area (Å²) in [5.41, 5.74) is 0.167. The minimum Gasteiger partial charge on any atom is -0.478 e. The maximum atomic E-state index is 11.2. The van der Waals surface area contributed by atoms with Crippen LogP contribution < -0.4 is 4.74 Å². The summed E-state index contributed by atoms with van der Waals surface area (Å²) in [4.78, 5) is 15.4. The van der Waals surface area contributed by atoms with Crippen molar-refractivity contribution in [2.75, 3.05) is 0 Å². The quantitative estimate of drug-likeness (QED) is 0.676. The van der Waals surface area contributed by atoms with E-state index < -0.39 is 5.97 Å². The number of ether oxygens (including phenoxy) is 1. The number of carboxylic acids is 1. The van der Waals surface area contributed by atoms with Crippen LogP contribution in [0.15, 0.2) is 54.7 Å². The number of aromatic carboxylic acids is 1. The Bertz CT molecular complexity index is 815. The number of hydrogen-bond acceptors (Lipinski definition) is 3. The Kier molecular flexibility index (Phi) is 3.74. The Morgan fingerprint density at radius 1 is 1.05 bits per heavy atom. The Morgan fingerprint density at radius 2 is 1.71 bits per heavy atom. The molecule has 1 aromatic heterocycles. The van der Waals surface area contributed by atoms with Crippen LogP contribution in [0.5, 0.6) is 11.6 Å². The molecule has 21 heavy (non-hydrogen) atoms. The molecule has 1 heterocycles. The monoisotopic (exact) mass is 391 g/mol. The maximum absolute atomic E-state index is 11.2. The number of benzene rings is 2. The number of halogens is 1. The first kappa shape index (κ1) is 13.8. The van der Waals surface area contributed by atoms with Gasteiger partial charge in [0, 0.05) is 20.5 Å². The first-order valence-corrected chi connectivity index (χ1v) is 7.27. The van der Waals surface area contributed by atoms with E-state index >= 15 is 0 Å². The molecule has 0 radical (unpaired) electrons.